The molecule has 1 aromatic carbocycles. The molecule has 0 spiro atoms. The number of aryl methyl sites for hydroxylation is 1. The van der Waals surface area contributed by atoms with Gasteiger partial charge in [-0.1, -0.05) is 30.3 Å². The van der Waals surface area contributed by atoms with E-state index in [0.29, 0.717) is 0 Å². The maximum Gasteiger partial charge on any atom is 0.0996 e. The van der Waals surface area contributed by atoms with Gasteiger partial charge in [0.2, 0.25) is 0 Å². The van der Waals surface area contributed by atoms with Crippen LogP contribution in [0.1, 0.15) is 48.7 Å². The van der Waals surface area contributed by atoms with Gasteiger partial charge in [-0.3, -0.25) is 4.98 Å². The normalized spacial score (nSPS) is 20.6. The number of nitrogens with two attached hydrogens (primary N) is 1. The van der Waals surface area contributed by atoms with Gasteiger partial charge in [0.25, 0.3) is 0 Å². The molecule has 0 bridgehead atoms. The molecule has 0 amide bonds. The first-order valence-electron chi connectivity index (χ1n) is 7.64. The third kappa shape index (κ3) is 3.14. The third-order valence-electron chi connectivity index (χ3n) is 4.12. The van der Waals surface area contributed by atoms with Gasteiger partial charge < -0.3 is 10.5 Å². The summed E-state index contributed by atoms with van der Waals surface area (Å²) in [4.78, 5) is 4.19. The highest BCUT2D eigenvalue weighted by Crippen LogP contribution is 2.36. The van der Waals surface area contributed by atoms with Crippen molar-refractivity contribution in [3.63, 3.8) is 0 Å². The zero-order valence-electron chi connectivity index (χ0n) is 12.4. The average Bonchev–Trinajstić information content (AvgIpc) is 2.53. The number of rotatable bonds is 4. The molecule has 0 radical (unpaired) electrons. The van der Waals surface area contributed by atoms with Gasteiger partial charge in [-0.15, -0.1) is 0 Å². The summed E-state index contributed by atoms with van der Waals surface area (Å²) in [5.41, 5.74) is 9.93. The van der Waals surface area contributed by atoms with E-state index in [1.54, 1.807) is 6.20 Å². The molecule has 3 heteroatoms. The van der Waals surface area contributed by atoms with E-state index in [-0.39, 0.29) is 18.2 Å². The lowest BCUT2D eigenvalue weighted by molar-refractivity contribution is -0.0341. The van der Waals surface area contributed by atoms with E-state index < -0.39 is 0 Å². The summed E-state index contributed by atoms with van der Waals surface area (Å²) < 4.78 is 6.40. The van der Waals surface area contributed by atoms with E-state index >= 15 is 0 Å². The topological polar surface area (TPSA) is 48.1 Å². The molecule has 2 N–H and O–H groups in total. The molecule has 0 saturated heterocycles. The van der Waals surface area contributed by atoms with Crippen molar-refractivity contribution in [1.82, 2.24) is 4.98 Å². The number of fused-ring (bicyclic) bond motifs is 1. The quantitative estimate of drug-likeness (QED) is 0.932. The van der Waals surface area contributed by atoms with Crippen molar-refractivity contribution in [2.45, 2.75) is 44.4 Å². The second kappa shape index (κ2) is 6.37. The Kier molecular flexibility index (Phi) is 4.32. The molecule has 1 heterocycles. The van der Waals surface area contributed by atoms with E-state index in [1.807, 2.05) is 25.3 Å². The number of nitrogens with zero attached hydrogens (tertiary/aromatic N) is 1. The lowest BCUT2D eigenvalue weighted by atomic mass is 9.89. The Morgan fingerprint density at radius 1 is 1.24 bits per heavy atom. The van der Waals surface area contributed by atoms with Crippen LogP contribution in [-0.4, -0.2) is 11.0 Å². The lowest BCUT2D eigenvalue weighted by Crippen LogP contribution is -2.29. The van der Waals surface area contributed by atoms with Crippen molar-refractivity contribution in [3.05, 3.63) is 65.5 Å². The molecule has 2 aromatic rings. The summed E-state index contributed by atoms with van der Waals surface area (Å²) in [6.45, 7) is 1.99. The predicted octanol–water partition coefficient (Wildman–Crippen LogP) is 3.56. The third-order valence-corrected chi connectivity index (χ3v) is 4.12. The Morgan fingerprint density at radius 2 is 2.10 bits per heavy atom. The Labute approximate surface area is 126 Å². The highest BCUT2D eigenvalue weighted by atomic mass is 16.5. The summed E-state index contributed by atoms with van der Waals surface area (Å²) in [6.07, 6.45) is 7.01. The van der Waals surface area contributed by atoms with Gasteiger partial charge in [-0.05, 0) is 43.4 Å². The molecule has 0 fully saturated rings. The molecule has 3 nitrogen and oxygen atoms in total. The summed E-state index contributed by atoms with van der Waals surface area (Å²) in [6, 6.07) is 12.5. The molecule has 1 aliphatic rings. The molecule has 0 aliphatic heterocycles. The van der Waals surface area contributed by atoms with Crippen LogP contribution in [0, 0.1) is 0 Å². The van der Waals surface area contributed by atoms with E-state index in [2.05, 4.69) is 29.2 Å². The number of pyridine rings is 1. The van der Waals surface area contributed by atoms with Gasteiger partial charge in [-0.25, -0.2) is 0 Å². The second-order valence-corrected chi connectivity index (χ2v) is 5.78. The second-order valence-electron chi connectivity index (χ2n) is 5.78. The van der Waals surface area contributed by atoms with Crippen molar-refractivity contribution >= 4 is 0 Å². The molecule has 1 aromatic heterocycles. The van der Waals surface area contributed by atoms with Gasteiger partial charge in [-0.2, -0.15) is 0 Å². The van der Waals surface area contributed by atoms with Gasteiger partial charge in [0.15, 0.2) is 0 Å². The van der Waals surface area contributed by atoms with Gasteiger partial charge in [0.05, 0.1) is 12.2 Å². The van der Waals surface area contributed by atoms with Crippen molar-refractivity contribution in [3.8, 4) is 0 Å². The molecule has 3 rings (SSSR count). The molecule has 3 unspecified atom stereocenters. The molecule has 0 saturated carbocycles. The van der Waals surface area contributed by atoms with Crippen LogP contribution in [0.3, 0.4) is 0 Å². The van der Waals surface area contributed by atoms with Crippen molar-refractivity contribution < 1.29 is 4.74 Å². The van der Waals surface area contributed by atoms with E-state index in [9.17, 15) is 0 Å². The summed E-state index contributed by atoms with van der Waals surface area (Å²) in [7, 11) is 0. The van der Waals surface area contributed by atoms with Crippen molar-refractivity contribution in [1.29, 1.82) is 0 Å². The van der Waals surface area contributed by atoms with Crippen LogP contribution >= 0.6 is 0 Å². The minimum atomic E-state index is -0.116. The largest absolute Gasteiger partial charge is 0.364 e. The van der Waals surface area contributed by atoms with Gasteiger partial charge in [0.1, 0.15) is 0 Å². The van der Waals surface area contributed by atoms with E-state index in [4.69, 9.17) is 10.5 Å². The number of hydrogen-bond acceptors (Lipinski definition) is 3. The zero-order valence-corrected chi connectivity index (χ0v) is 12.4. The van der Waals surface area contributed by atoms with Crippen LogP contribution in [0.25, 0.3) is 0 Å². The van der Waals surface area contributed by atoms with Crippen LogP contribution in [0.15, 0.2) is 48.8 Å². The van der Waals surface area contributed by atoms with Gasteiger partial charge >= 0.3 is 0 Å². The van der Waals surface area contributed by atoms with E-state index in [1.165, 1.54) is 17.5 Å². The molecule has 3 atom stereocenters. The minimum Gasteiger partial charge on any atom is -0.364 e. The maximum absolute atomic E-state index is 6.40. The lowest BCUT2D eigenvalue weighted by Gasteiger charge is -2.31. The number of benzene rings is 1. The van der Waals surface area contributed by atoms with Crippen LogP contribution in [0.5, 0.6) is 0 Å². The molecular weight excluding hydrogens is 260 g/mol. The monoisotopic (exact) mass is 282 g/mol. The first-order chi connectivity index (χ1) is 10.3. The molecule has 21 heavy (non-hydrogen) atoms. The van der Waals surface area contributed by atoms with Crippen LogP contribution in [0.2, 0.25) is 0 Å². The summed E-state index contributed by atoms with van der Waals surface area (Å²) in [5.74, 6) is 0. The van der Waals surface area contributed by atoms with Crippen molar-refractivity contribution in [2.75, 3.05) is 0 Å². The predicted molar refractivity (Wildman–Crippen MR) is 83.8 cm³/mol. The zero-order chi connectivity index (χ0) is 14.7. The van der Waals surface area contributed by atoms with Gasteiger partial charge in [0, 0.05) is 24.0 Å². The summed E-state index contributed by atoms with van der Waals surface area (Å²) in [5, 5.41) is 0. The number of hydrogen-bond donors (Lipinski definition) is 1. The first kappa shape index (κ1) is 14.2. The fourth-order valence-corrected chi connectivity index (χ4v) is 3.08. The van der Waals surface area contributed by atoms with Crippen molar-refractivity contribution in [2.24, 2.45) is 5.73 Å². The molecule has 1 aliphatic carbocycles. The Hall–Kier alpha value is -1.71. The highest BCUT2D eigenvalue weighted by molar-refractivity contribution is 5.31. The minimum absolute atomic E-state index is 0.0664. The standard InChI is InChI=1S/C18H22N2O/c1-13(19)18(15-8-5-11-20-12-15)21-17-10-4-7-14-6-2-3-9-16(14)17/h2-3,5-6,8-9,11-13,17-18H,4,7,10,19H2,1H3. The van der Waals surface area contributed by atoms with Crippen LogP contribution < -0.4 is 5.73 Å². The van der Waals surface area contributed by atoms with E-state index in [0.717, 1.165) is 18.4 Å². The Bertz CT molecular complexity index is 583. The Morgan fingerprint density at radius 3 is 2.86 bits per heavy atom. The first-order valence-corrected chi connectivity index (χ1v) is 7.64. The summed E-state index contributed by atoms with van der Waals surface area (Å²) >= 11 is 0. The van der Waals surface area contributed by atoms with Crippen LogP contribution in [-0.2, 0) is 11.2 Å². The highest BCUT2D eigenvalue weighted by Gasteiger charge is 2.26. The fourth-order valence-electron chi connectivity index (χ4n) is 3.08. The smallest absolute Gasteiger partial charge is 0.0996 e. The average molecular weight is 282 g/mol. The maximum atomic E-state index is 6.40. The Balaban J connectivity index is 1.85. The van der Waals surface area contributed by atoms with Crippen LogP contribution in [0.4, 0.5) is 0 Å². The molecular formula is C18H22N2O. The molecule has 110 valence electrons. The number of aromatic nitrogens is 1. The fraction of sp³-hybridized carbons (Fsp3) is 0.389. The number of ether oxygens (including phenoxy) is 1. The SMILES string of the molecule is CC(N)C(OC1CCCc2ccccc21)c1cccnc1.